The average Bonchev–Trinajstić information content (AvgIpc) is 2.97. The van der Waals surface area contributed by atoms with Gasteiger partial charge in [0, 0.05) is 17.8 Å². The van der Waals surface area contributed by atoms with Crippen LogP contribution in [0.3, 0.4) is 0 Å². The number of aryl methyl sites for hydroxylation is 2. The minimum atomic E-state index is -0.324. The first kappa shape index (κ1) is 13.9. The number of hydrogen-bond donors (Lipinski definition) is 2. The molecule has 5 nitrogen and oxygen atoms in total. The monoisotopic (exact) mass is 323 g/mol. The highest BCUT2D eigenvalue weighted by Gasteiger charge is 2.21. The first-order chi connectivity index (χ1) is 11.2. The molecule has 0 radical (unpaired) electrons. The highest BCUT2D eigenvalue weighted by molar-refractivity contribution is 7.19. The molecule has 0 fully saturated rings. The Morgan fingerprint density at radius 1 is 1.22 bits per heavy atom. The summed E-state index contributed by atoms with van der Waals surface area (Å²) in [7, 11) is 0. The third-order valence-electron chi connectivity index (χ3n) is 3.85. The van der Waals surface area contributed by atoms with Gasteiger partial charge in [0.25, 0.3) is 5.91 Å². The van der Waals surface area contributed by atoms with Crippen molar-refractivity contribution < 1.29 is 4.79 Å². The molecular weight excluding hydrogens is 310 g/mol. The van der Waals surface area contributed by atoms with Crippen LogP contribution in [0.5, 0.6) is 0 Å². The van der Waals surface area contributed by atoms with Gasteiger partial charge in [-0.2, -0.15) is 0 Å². The standard InChI is InChI=1S/C17H13N3O2S/c21-14-9-11(7-8-18-14)16(22)20-17-19-13-6-5-10-3-1-2-4-12(10)15(13)23-17/h1-4,7-9H,5-6H2,(H,18,21)(H,19,20,22). The van der Waals surface area contributed by atoms with Gasteiger partial charge < -0.3 is 4.98 Å². The molecule has 0 aliphatic heterocycles. The first-order valence-electron chi connectivity index (χ1n) is 7.29. The number of nitrogens with zero attached hydrogens (tertiary/aromatic N) is 1. The van der Waals surface area contributed by atoms with Crippen LogP contribution in [-0.2, 0) is 12.8 Å². The quantitative estimate of drug-likeness (QED) is 0.761. The Kier molecular flexibility index (Phi) is 3.31. The summed E-state index contributed by atoms with van der Waals surface area (Å²) in [6, 6.07) is 11.1. The second kappa shape index (κ2) is 5.48. The van der Waals surface area contributed by atoms with Gasteiger partial charge in [0.2, 0.25) is 5.56 Å². The van der Waals surface area contributed by atoms with Crippen LogP contribution in [0.25, 0.3) is 10.4 Å². The van der Waals surface area contributed by atoms with Crippen molar-refractivity contribution in [3.63, 3.8) is 0 Å². The minimum Gasteiger partial charge on any atom is -0.329 e. The molecule has 1 aliphatic rings. The molecule has 2 N–H and O–H groups in total. The van der Waals surface area contributed by atoms with Crippen LogP contribution in [0.15, 0.2) is 47.4 Å². The molecule has 114 valence electrons. The fourth-order valence-electron chi connectivity index (χ4n) is 2.75. The van der Waals surface area contributed by atoms with Crippen molar-refractivity contribution >= 4 is 22.4 Å². The molecule has 6 heteroatoms. The van der Waals surface area contributed by atoms with E-state index in [1.165, 1.54) is 34.7 Å². The second-order valence-corrected chi connectivity index (χ2v) is 6.35. The highest BCUT2D eigenvalue weighted by atomic mass is 32.1. The Morgan fingerprint density at radius 3 is 2.96 bits per heavy atom. The number of anilines is 1. The lowest BCUT2D eigenvalue weighted by Crippen LogP contribution is -2.15. The molecule has 0 bridgehead atoms. The molecule has 0 atom stereocenters. The summed E-state index contributed by atoms with van der Waals surface area (Å²) in [4.78, 5) is 31.7. The van der Waals surface area contributed by atoms with Crippen LogP contribution in [0, 0.1) is 0 Å². The van der Waals surface area contributed by atoms with Crippen molar-refractivity contribution in [2.75, 3.05) is 5.32 Å². The normalized spacial score (nSPS) is 12.3. The maximum Gasteiger partial charge on any atom is 0.257 e. The van der Waals surface area contributed by atoms with Gasteiger partial charge in [-0.25, -0.2) is 4.98 Å². The first-order valence-corrected chi connectivity index (χ1v) is 8.10. The van der Waals surface area contributed by atoms with Crippen molar-refractivity contribution in [1.82, 2.24) is 9.97 Å². The Bertz CT molecular complexity index is 958. The largest absolute Gasteiger partial charge is 0.329 e. The second-order valence-electron chi connectivity index (χ2n) is 5.35. The summed E-state index contributed by atoms with van der Waals surface area (Å²) in [5, 5.41) is 3.36. The molecule has 4 rings (SSSR count). The molecule has 0 saturated heterocycles. The number of thiazole rings is 1. The molecule has 1 aromatic carbocycles. The minimum absolute atomic E-state index is 0.301. The Hall–Kier alpha value is -2.73. The lowest BCUT2D eigenvalue weighted by atomic mass is 9.94. The zero-order valence-electron chi connectivity index (χ0n) is 12.1. The Labute approximate surface area is 136 Å². The molecule has 23 heavy (non-hydrogen) atoms. The van der Waals surface area contributed by atoms with Gasteiger partial charge in [0.15, 0.2) is 5.13 Å². The molecule has 3 aromatic rings. The van der Waals surface area contributed by atoms with E-state index in [2.05, 4.69) is 27.4 Å². The summed E-state index contributed by atoms with van der Waals surface area (Å²) >= 11 is 1.48. The SMILES string of the molecule is O=C(Nc1nc2c(s1)-c1ccccc1CC2)c1cc[nH]c(=O)c1. The van der Waals surface area contributed by atoms with E-state index < -0.39 is 0 Å². The predicted molar refractivity (Wildman–Crippen MR) is 90.0 cm³/mol. The topological polar surface area (TPSA) is 74.8 Å². The van der Waals surface area contributed by atoms with Crippen molar-refractivity contribution in [3.8, 4) is 10.4 Å². The van der Waals surface area contributed by atoms with Crippen LogP contribution in [0.4, 0.5) is 5.13 Å². The Balaban J connectivity index is 1.64. The van der Waals surface area contributed by atoms with Crippen LogP contribution in [0.2, 0.25) is 0 Å². The average molecular weight is 323 g/mol. The maximum absolute atomic E-state index is 12.2. The fraction of sp³-hybridized carbons (Fsp3) is 0.118. The summed E-state index contributed by atoms with van der Waals surface area (Å²) in [5.74, 6) is -0.324. The van der Waals surface area contributed by atoms with Gasteiger partial charge in [-0.05, 0) is 30.0 Å². The van der Waals surface area contributed by atoms with Crippen molar-refractivity contribution in [2.24, 2.45) is 0 Å². The lowest BCUT2D eigenvalue weighted by molar-refractivity contribution is 0.102. The van der Waals surface area contributed by atoms with E-state index >= 15 is 0 Å². The van der Waals surface area contributed by atoms with E-state index in [4.69, 9.17) is 0 Å². The number of pyridine rings is 1. The van der Waals surface area contributed by atoms with E-state index in [-0.39, 0.29) is 11.5 Å². The summed E-state index contributed by atoms with van der Waals surface area (Å²) < 4.78 is 0. The van der Waals surface area contributed by atoms with Gasteiger partial charge in [-0.1, -0.05) is 35.6 Å². The zero-order valence-corrected chi connectivity index (χ0v) is 12.9. The smallest absolute Gasteiger partial charge is 0.257 e. The third kappa shape index (κ3) is 2.57. The number of aromatic nitrogens is 2. The number of H-pyrrole nitrogens is 1. The maximum atomic E-state index is 12.2. The predicted octanol–water partition coefficient (Wildman–Crippen LogP) is 2.85. The lowest BCUT2D eigenvalue weighted by Gasteiger charge is -2.13. The zero-order chi connectivity index (χ0) is 15.8. The third-order valence-corrected chi connectivity index (χ3v) is 4.89. The van der Waals surface area contributed by atoms with Crippen molar-refractivity contribution in [2.45, 2.75) is 12.8 Å². The number of benzene rings is 1. The molecule has 0 saturated carbocycles. The summed E-state index contributed by atoms with van der Waals surface area (Å²) in [6.45, 7) is 0. The number of fused-ring (bicyclic) bond motifs is 3. The van der Waals surface area contributed by atoms with Crippen LogP contribution >= 0.6 is 11.3 Å². The summed E-state index contributed by atoms with van der Waals surface area (Å²) in [5.41, 5.74) is 3.56. The number of rotatable bonds is 2. The van der Waals surface area contributed by atoms with Crippen molar-refractivity contribution in [3.05, 3.63) is 69.8 Å². The van der Waals surface area contributed by atoms with E-state index in [1.54, 1.807) is 6.07 Å². The number of hydrogen-bond acceptors (Lipinski definition) is 4. The van der Waals surface area contributed by atoms with E-state index in [0.717, 1.165) is 23.4 Å². The van der Waals surface area contributed by atoms with Crippen LogP contribution in [-0.4, -0.2) is 15.9 Å². The van der Waals surface area contributed by atoms with Gasteiger partial charge >= 0.3 is 0 Å². The molecule has 0 spiro atoms. The summed E-state index contributed by atoms with van der Waals surface area (Å²) in [6.07, 6.45) is 3.30. The fourth-order valence-corrected chi connectivity index (χ4v) is 3.82. The van der Waals surface area contributed by atoms with E-state index in [0.29, 0.717) is 10.7 Å². The van der Waals surface area contributed by atoms with Crippen LogP contribution < -0.4 is 10.9 Å². The van der Waals surface area contributed by atoms with Gasteiger partial charge in [0.1, 0.15) is 0 Å². The number of carbonyl (C=O) groups excluding carboxylic acids is 1. The van der Waals surface area contributed by atoms with E-state index in [1.807, 2.05) is 12.1 Å². The Morgan fingerprint density at radius 2 is 2.09 bits per heavy atom. The van der Waals surface area contributed by atoms with E-state index in [9.17, 15) is 9.59 Å². The molecule has 1 aliphatic carbocycles. The van der Waals surface area contributed by atoms with Crippen molar-refractivity contribution in [1.29, 1.82) is 0 Å². The number of nitrogens with one attached hydrogen (secondary N) is 2. The molecular formula is C17H13N3O2S. The van der Waals surface area contributed by atoms with Gasteiger partial charge in [-0.3, -0.25) is 14.9 Å². The molecule has 0 unspecified atom stereocenters. The van der Waals surface area contributed by atoms with Gasteiger partial charge in [-0.15, -0.1) is 0 Å². The molecule has 2 heterocycles. The number of carbonyl (C=O) groups is 1. The number of aromatic amines is 1. The van der Waals surface area contributed by atoms with Crippen LogP contribution in [0.1, 0.15) is 21.6 Å². The van der Waals surface area contributed by atoms with Gasteiger partial charge in [0.05, 0.1) is 10.6 Å². The molecule has 1 amide bonds. The highest BCUT2D eigenvalue weighted by Crippen LogP contribution is 2.39. The molecule has 2 aromatic heterocycles. The number of amides is 1.